The maximum absolute atomic E-state index is 12.9. The Labute approximate surface area is 509 Å². The SMILES string of the molecule is C.C=C=C=O.CC(C)C[C@H](N[C@H]1CCN(C(=O)OCc2ccccc2)C1)C(=O)OC(C)(C)C.CC(C)C[C@H]1C(OC(C)(C)C)=CC(=O)N1[C@H]1CCN(C(=O)OCc2ccccc2)C1.CC(C)C[C@H]1C(OC(C)(C)C)=CC(=O)N1[C@H]1CCNC1.Cl. The van der Waals surface area contributed by atoms with Gasteiger partial charge in [-0.3, -0.25) is 19.7 Å². The van der Waals surface area contributed by atoms with Crippen LogP contribution in [0.3, 0.4) is 0 Å². The van der Waals surface area contributed by atoms with Crippen molar-refractivity contribution in [3.05, 3.63) is 108 Å². The van der Waals surface area contributed by atoms with Crippen molar-refractivity contribution in [2.45, 2.75) is 216 Å². The van der Waals surface area contributed by atoms with Gasteiger partial charge in [0, 0.05) is 57.0 Å². The van der Waals surface area contributed by atoms with Gasteiger partial charge in [0.25, 0.3) is 11.8 Å². The number of halogens is 1. The highest BCUT2D eigenvalue weighted by Crippen LogP contribution is 2.35. The first-order chi connectivity index (χ1) is 38.5. The minimum absolute atomic E-state index is 0. The molecule has 5 heterocycles. The predicted molar refractivity (Wildman–Crippen MR) is 334 cm³/mol. The van der Waals surface area contributed by atoms with Crippen molar-refractivity contribution in [1.29, 1.82) is 0 Å². The molecule has 17 nitrogen and oxygen atoms in total. The Balaban J connectivity index is 0.000000418. The van der Waals surface area contributed by atoms with Crippen molar-refractivity contribution in [3.8, 4) is 0 Å². The molecule has 0 aliphatic carbocycles. The van der Waals surface area contributed by atoms with E-state index in [4.69, 9.17) is 28.5 Å². The van der Waals surface area contributed by atoms with E-state index in [2.05, 4.69) is 58.8 Å². The first kappa shape index (κ1) is 74.0. The molecule has 0 aromatic heterocycles. The Kier molecular flexibility index (Phi) is 30.6. The first-order valence-corrected chi connectivity index (χ1v) is 29.4. The van der Waals surface area contributed by atoms with Gasteiger partial charge in [-0.2, -0.15) is 0 Å². The van der Waals surface area contributed by atoms with Crippen LogP contribution >= 0.6 is 12.4 Å². The molecule has 2 aromatic carbocycles. The van der Waals surface area contributed by atoms with Crippen molar-refractivity contribution in [3.63, 3.8) is 0 Å². The van der Waals surface area contributed by atoms with Crippen LogP contribution in [-0.4, -0.2) is 148 Å². The molecule has 2 N–H and O–H groups in total. The summed E-state index contributed by atoms with van der Waals surface area (Å²) in [5.74, 6) is 4.09. The fourth-order valence-corrected chi connectivity index (χ4v) is 10.3. The first-order valence-electron chi connectivity index (χ1n) is 29.4. The molecule has 3 fully saturated rings. The van der Waals surface area contributed by atoms with Gasteiger partial charge in [0.1, 0.15) is 47.6 Å². The van der Waals surface area contributed by atoms with Crippen LogP contribution in [0.25, 0.3) is 0 Å². The Morgan fingerprint density at radius 1 is 0.655 bits per heavy atom. The number of ether oxygens (including phenoxy) is 5. The van der Waals surface area contributed by atoms with E-state index in [0.717, 1.165) is 67.8 Å². The lowest BCUT2D eigenvalue weighted by Gasteiger charge is -2.35. The summed E-state index contributed by atoms with van der Waals surface area (Å²) in [4.78, 5) is 78.9. The number of carbonyl (C=O) groups is 5. The Morgan fingerprint density at radius 3 is 1.49 bits per heavy atom. The van der Waals surface area contributed by atoms with Crippen LogP contribution < -0.4 is 10.6 Å². The summed E-state index contributed by atoms with van der Waals surface area (Å²) >= 11 is 0. The summed E-state index contributed by atoms with van der Waals surface area (Å²) in [5.41, 5.74) is 2.66. The number of nitrogens with one attached hydrogen (secondary N) is 2. The van der Waals surface area contributed by atoms with Crippen molar-refractivity contribution in [2.75, 3.05) is 39.3 Å². The maximum atomic E-state index is 12.9. The molecule has 7 rings (SSSR count). The van der Waals surface area contributed by atoms with E-state index in [1.807, 2.05) is 139 Å². The molecule has 3 saturated heterocycles. The lowest BCUT2D eigenvalue weighted by Crippen LogP contribution is -2.48. The monoisotopic (exact) mass is 1190 g/mol. The van der Waals surface area contributed by atoms with Gasteiger partial charge in [-0.1, -0.05) is 110 Å². The van der Waals surface area contributed by atoms with Crippen molar-refractivity contribution >= 4 is 48.3 Å². The number of nitrogens with zero attached hydrogens (tertiary/aromatic N) is 4. The molecule has 5 aliphatic rings. The molecule has 4 amide bonds. The van der Waals surface area contributed by atoms with Gasteiger partial charge in [-0.25, -0.2) is 14.4 Å². The zero-order valence-corrected chi connectivity index (χ0v) is 53.2. The molecule has 0 bridgehead atoms. The molecule has 0 unspecified atom stereocenters. The third kappa shape index (κ3) is 25.6. The molecule has 0 saturated carbocycles. The number of hydrogen-bond donors (Lipinski definition) is 2. The molecule has 5 aliphatic heterocycles. The number of hydrogen-bond acceptors (Lipinski definition) is 13. The highest BCUT2D eigenvalue weighted by atomic mass is 35.5. The summed E-state index contributed by atoms with van der Waals surface area (Å²) in [7, 11) is 0. The predicted octanol–water partition coefficient (Wildman–Crippen LogP) is 11.6. The number of rotatable bonds is 17. The fraction of sp³-hybridized carbons (Fsp3) is 0.636. The molecule has 470 valence electrons. The van der Waals surface area contributed by atoms with Crippen molar-refractivity contribution in [2.24, 2.45) is 17.8 Å². The number of likely N-dealkylation sites (tertiary alicyclic amines) is 2. The number of carbonyl (C=O) groups excluding carboxylic acids is 6. The molecule has 84 heavy (non-hydrogen) atoms. The second-order valence-corrected chi connectivity index (χ2v) is 26.0. The minimum Gasteiger partial charge on any atom is -0.490 e. The van der Waals surface area contributed by atoms with E-state index in [0.29, 0.717) is 56.4 Å². The Morgan fingerprint density at radius 2 is 1.10 bits per heavy atom. The van der Waals surface area contributed by atoms with Gasteiger partial charge in [0.05, 0.1) is 18.1 Å². The molecule has 0 spiro atoms. The van der Waals surface area contributed by atoms with Gasteiger partial charge >= 0.3 is 18.2 Å². The topological polar surface area (TPSA) is 186 Å². The van der Waals surface area contributed by atoms with E-state index in [-0.39, 0.29) is 104 Å². The summed E-state index contributed by atoms with van der Waals surface area (Å²) in [6, 6.07) is 19.3. The highest BCUT2D eigenvalue weighted by Gasteiger charge is 2.44. The fourth-order valence-electron chi connectivity index (χ4n) is 10.3. The van der Waals surface area contributed by atoms with E-state index in [1.165, 1.54) is 5.94 Å². The van der Waals surface area contributed by atoms with Crippen LogP contribution in [0.1, 0.15) is 161 Å². The smallest absolute Gasteiger partial charge is 0.410 e. The van der Waals surface area contributed by atoms with Crippen LogP contribution in [0, 0.1) is 17.8 Å². The zero-order valence-electron chi connectivity index (χ0n) is 52.4. The van der Waals surface area contributed by atoms with Gasteiger partial charge in [-0.15, -0.1) is 12.4 Å². The third-order valence-electron chi connectivity index (χ3n) is 13.6. The molecule has 0 radical (unpaired) electrons. The molecule has 2 aromatic rings. The lowest BCUT2D eigenvalue weighted by atomic mass is 10.0. The summed E-state index contributed by atoms with van der Waals surface area (Å²) in [5, 5.41) is 6.75. The van der Waals surface area contributed by atoms with Crippen molar-refractivity contribution < 1.29 is 52.5 Å². The number of benzene rings is 2. The molecule has 6 atom stereocenters. The maximum Gasteiger partial charge on any atom is 0.410 e. The van der Waals surface area contributed by atoms with Crippen LogP contribution in [0.5, 0.6) is 0 Å². The normalized spacial score (nSPS) is 20.6. The van der Waals surface area contributed by atoms with Crippen LogP contribution in [0.15, 0.2) is 96.6 Å². The van der Waals surface area contributed by atoms with Crippen LogP contribution in [-0.2, 0) is 56.1 Å². The zero-order chi connectivity index (χ0) is 61.0. The second-order valence-electron chi connectivity index (χ2n) is 26.0. The summed E-state index contributed by atoms with van der Waals surface area (Å²) in [6.07, 6.45) is 7.77. The van der Waals surface area contributed by atoms with Gasteiger partial charge in [-0.05, 0) is 149 Å². The third-order valence-corrected chi connectivity index (χ3v) is 13.6. The quantitative estimate of drug-likeness (QED) is 0.0660. The molecular formula is C66H103ClN6O11. The Hall–Kier alpha value is -6.09. The van der Waals surface area contributed by atoms with E-state index in [1.54, 1.807) is 22.0 Å². The number of amides is 4. The minimum atomic E-state index is -0.517. The lowest BCUT2D eigenvalue weighted by molar-refractivity contribution is -0.158. The summed E-state index contributed by atoms with van der Waals surface area (Å²) < 4.78 is 28.6. The average molecular weight is 1190 g/mol. The van der Waals surface area contributed by atoms with Gasteiger partial charge < -0.3 is 48.6 Å². The van der Waals surface area contributed by atoms with E-state index < -0.39 is 5.60 Å². The second kappa shape index (κ2) is 34.8. The largest absolute Gasteiger partial charge is 0.490 e. The van der Waals surface area contributed by atoms with Gasteiger partial charge in [0.2, 0.25) is 0 Å². The van der Waals surface area contributed by atoms with Crippen LogP contribution in [0.4, 0.5) is 9.59 Å². The van der Waals surface area contributed by atoms with Crippen molar-refractivity contribution in [1.82, 2.24) is 30.2 Å². The highest BCUT2D eigenvalue weighted by molar-refractivity contribution is 5.92. The van der Waals surface area contributed by atoms with E-state index >= 15 is 0 Å². The average Bonchev–Trinajstić information content (AvgIpc) is 3.74. The number of esters is 1. The molecular weight excluding hydrogens is 1090 g/mol. The molecule has 18 heteroatoms. The standard InChI is InChI=1S/C24H34N2O4.C22H34N2O4.C16H28N2O2.C3H2O.CH4.ClH/c1-17(2)13-20-21(30-24(3,4)5)14-22(27)26(20)19-11-12-25(15-19)23(28)29-16-18-9-7-6-8-10-18;1-16(2)13-19(20(25)28-22(3,4)5)23-18-11-12-24(14-18)21(26)27-15-17-9-7-6-8-10-17;1-11(2)8-13-14(20-16(3,4)5)9-15(19)18(13)12-6-7-17-10-12;1-2-3-4;;/h6-10,14,17,19-20H,11-13,15-16H2,1-5H3;6-10,16,18-19,23H,11-15H2,1-5H3;9,11-13,17H,6-8,10H2,1-5H3;1H2;1H4;1H/t19-,20-;18-,19-;12-,13-;;;/m000.../s1. The summed E-state index contributed by atoms with van der Waals surface area (Å²) in [6.45, 7) is 38.1. The van der Waals surface area contributed by atoms with Crippen LogP contribution in [0.2, 0.25) is 0 Å². The van der Waals surface area contributed by atoms with E-state index in [9.17, 15) is 24.0 Å². The Bertz CT molecular complexity index is 2490. The van der Waals surface area contributed by atoms with Gasteiger partial charge in [0.15, 0.2) is 5.94 Å².